The number of methoxy groups -OCH3 is 1. The van der Waals surface area contributed by atoms with Gasteiger partial charge in [0.05, 0.1) is 12.8 Å². The number of hydrogen-bond acceptors (Lipinski definition) is 5. The first-order valence-electron chi connectivity index (χ1n) is 12.5. The van der Waals surface area contributed by atoms with E-state index >= 15 is 0 Å². The number of anilines is 1. The Balaban J connectivity index is 1.03. The molecule has 1 saturated heterocycles. The Labute approximate surface area is 214 Å². The summed E-state index contributed by atoms with van der Waals surface area (Å²) in [5.74, 6) is 1.70. The molecule has 1 saturated carbocycles. The minimum Gasteiger partial charge on any atom is -0.497 e. The smallest absolute Gasteiger partial charge is 0.289 e. The molecule has 8 heteroatoms. The highest BCUT2D eigenvalue weighted by molar-refractivity contribution is 5.95. The quantitative estimate of drug-likeness (QED) is 0.405. The molecule has 2 amide bonds. The van der Waals surface area contributed by atoms with Gasteiger partial charge in [-0.15, -0.1) is 0 Å². The third kappa shape index (κ3) is 4.50. The predicted molar refractivity (Wildman–Crippen MR) is 139 cm³/mol. The number of benzene rings is 2. The number of nitrogens with zero attached hydrogens (tertiary/aromatic N) is 3. The number of furan rings is 1. The molecule has 8 nitrogen and oxygen atoms in total. The third-order valence-corrected chi connectivity index (χ3v) is 7.65. The van der Waals surface area contributed by atoms with Crippen molar-refractivity contribution in [3.05, 3.63) is 84.9 Å². The van der Waals surface area contributed by atoms with Crippen LogP contribution in [-0.4, -0.2) is 46.7 Å². The summed E-state index contributed by atoms with van der Waals surface area (Å²) in [5, 5.41) is 7.28. The standard InChI is InChI=1S/C29H28N4O4/c1-36-23-9-3-20(4-10-23)25-11-12-26(37-25)28(35)32-17-13-29(14-18-32)19-24(29)27(34)31-21-5-7-22(8-6-21)33-16-2-15-30-33/h2-12,15-16,24H,13-14,17-19H2,1H3,(H,31,34). The van der Waals surface area contributed by atoms with Crippen molar-refractivity contribution >= 4 is 17.5 Å². The van der Waals surface area contributed by atoms with Crippen LogP contribution in [0.5, 0.6) is 5.75 Å². The average molecular weight is 497 g/mol. The van der Waals surface area contributed by atoms with Gasteiger partial charge in [0.2, 0.25) is 5.91 Å². The molecule has 1 N–H and O–H groups in total. The summed E-state index contributed by atoms with van der Waals surface area (Å²) in [6.07, 6.45) is 6.12. The van der Waals surface area contributed by atoms with Crippen molar-refractivity contribution in [1.29, 1.82) is 0 Å². The molecule has 6 rings (SSSR count). The maximum Gasteiger partial charge on any atom is 0.289 e. The lowest BCUT2D eigenvalue weighted by Crippen LogP contribution is -2.40. The SMILES string of the molecule is COc1ccc(-c2ccc(C(=O)N3CCC4(CC3)CC4C(=O)Nc3ccc(-n4cccn4)cc3)o2)cc1. The highest BCUT2D eigenvalue weighted by atomic mass is 16.5. The van der Waals surface area contributed by atoms with Crippen LogP contribution in [-0.2, 0) is 4.79 Å². The zero-order valence-electron chi connectivity index (χ0n) is 20.6. The minimum absolute atomic E-state index is 0.00666. The van der Waals surface area contributed by atoms with Crippen molar-refractivity contribution in [1.82, 2.24) is 14.7 Å². The maximum absolute atomic E-state index is 13.1. The molecule has 0 radical (unpaired) electrons. The summed E-state index contributed by atoms with van der Waals surface area (Å²) >= 11 is 0. The number of piperidine rings is 1. The zero-order chi connectivity index (χ0) is 25.4. The fourth-order valence-electron chi connectivity index (χ4n) is 5.29. The van der Waals surface area contributed by atoms with Crippen LogP contribution in [0.15, 0.2) is 83.5 Å². The van der Waals surface area contributed by atoms with E-state index in [0.717, 1.165) is 42.0 Å². The molecule has 2 aromatic heterocycles. The molecule has 188 valence electrons. The first kappa shape index (κ1) is 23.1. The first-order valence-corrected chi connectivity index (χ1v) is 12.5. The Hall–Kier alpha value is -4.33. The summed E-state index contributed by atoms with van der Waals surface area (Å²) in [6.45, 7) is 1.25. The molecule has 1 spiro atoms. The molecule has 2 fully saturated rings. The van der Waals surface area contributed by atoms with Crippen molar-refractivity contribution in [2.75, 3.05) is 25.5 Å². The van der Waals surface area contributed by atoms with Gasteiger partial charge < -0.3 is 19.4 Å². The highest BCUT2D eigenvalue weighted by Crippen LogP contribution is 2.59. The van der Waals surface area contributed by atoms with Gasteiger partial charge in [0.1, 0.15) is 11.5 Å². The largest absolute Gasteiger partial charge is 0.497 e. The second-order valence-corrected chi connectivity index (χ2v) is 9.79. The molecule has 1 unspecified atom stereocenters. The van der Waals surface area contributed by atoms with E-state index in [1.165, 1.54) is 0 Å². The molecule has 3 heterocycles. The van der Waals surface area contributed by atoms with Crippen LogP contribution in [0.4, 0.5) is 5.69 Å². The van der Waals surface area contributed by atoms with Crippen LogP contribution in [0.1, 0.15) is 29.8 Å². The minimum atomic E-state index is -0.103. The second-order valence-electron chi connectivity index (χ2n) is 9.79. The Morgan fingerprint density at radius 2 is 1.78 bits per heavy atom. The van der Waals surface area contributed by atoms with Crippen molar-refractivity contribution in [3.8, 4) is 22.8 Å². The summed E-state index contributed by atoms with van der Waals surface area (Å²) in [6, 6.07) is 20.6. The zero-order valence-corrected chi connectivity index (χ0v) is 20.6. The number of aromatic nitrogens is 2. The van der Waals surface area contributed by atoms with Crippen molar-refractivity contribution in [2.45, 2.75) is 19.3 Å². The summed E-state index contributed by atoms with van der Waals surface area (Å²) in [5.41, 5.74) is 2.60. The molecular weight excluding hydrogens is 468 g/mol. The van der Waals surface area contributed by atoms with Gasteiger partial charge in [0.25, 0.3) is 5.91 Å². The van der Waals surface area contributed by atoms with E-state index in [1.54, 1.807) is 24.1 Å². The van der Waals surface area contributed by atoms with Crippen LogP contribution in [0.25, 0.3) is 17.0 Å². The second kappa shape index (κ2) is 9.28. The van der Waals surface area contributed by atoms with Gasteiger partial charge in [-0.25, -0.2) is 4.68 Å². The number of nitrogens with one attached hydrogen (secondary N) is 1. The average Bonchev–Trinajstić information content (AvgIpc) is 3.30. The predicted octanol–water partition coefficient (Wildman–Crippen LogP) is 5.02. The lowest BCUT2D eigenvalue weighted by molar-refractivity contribution is -0.118. The van der Waals surface area contributed by atoms with Crippen molar-refractivity contribution in [3.63, 3.8) is 0 Å². The van der Waals surface area contributed by atoms with Crippen LogP contribution >= 0.6 is 0 Å². The molecule has 4 aromatic rings. The Bertz CT molecular complexity index is 1400. The topological polar surface area (TPSA) is 89.6 Å². The van der Waals surface area contributed by atoms with E-state index in [-0.39, 0.29) is 23.1 Å². The van der Waals surface area contributed by atoms with Crippen molar-refractivity contribution in [2.24, 2.45) is 11.3 Å². The molecule has 1 aliphatic heterocycles. The third-order valence-electron chi connectivity index (χ3n) is 7.65. The Morgan fingerprint density at radius 3 is 2.46 bits per heavy atom. The van der Waals surface area contributed by atoms with Crippen LogP contribution in [0, 0.1) is 11.3 Å². The number of hydrogen-bond donors (Lipinski definition) is 1. The summed E-state index contributed by atoms with van der Waals surface area (Å²) in [7, 11) is 1.62. The maximum atomic E-state index is 13.1. The molecular formula is C29H28N4O4. The molecule has 2 aromatic carbocycles. The van der Waals surface area contributed by atoms with E-state index in [0.29, 0.717) is 24.6 Å². The number of likely N-dealkylation sites (tertiary alicyclic amines) is 1. The molecule has 1 atom stereocenters. The van der Waals surface area contributed by atoms with Gasteiger partial charge in [-0.3, -0.25) is 9.59 Å². The summed E-state index contributed by atoms with van der Waals surface area (Å²) < 4.78 is 12.9. The van der Waals surface area contributed by atoms with Gasteiger partial charge in [0, 0.05) is 42.7 Å². The van der Waals surface area contributed by atoms with E-state index in [9.17, 15) is 9.59 Å². The number of rotatable bonds is 6. The number of carbonyl (C=O) groups excluding carboxylic acids is 2. The van der Waals surface area contributed by atoms with E-state index in [4.69, 9.17) is 9.15 Å². The van der Waals surface area contributed by atoms with Crippen LogP contribution < -0.4 is 10.1 Å². The normalized spacial score (nSPS) is 18.0. The van der Waals surface area contributed by atoms with Crippen LogP contribution in [0.3, 0.4) is 0 Å². The summed E-state index contributed by atoms with van der Waals surface area (Å²) in [4.78, 5) is 27.9. The lowest BCUT2D eigenvalue weighted by atomic mass is 9.90. The lowest BCUT2D eigenvalue weighted by Gasteiger charge is -2.32. The van der Waals surface area contributed by atoms with Crippen LogP contribution in [0.2, 0.25) is 0 Å². The van der Waals surface area contributed by atoms with Gasteiger partial charge in [0.15, 0.2) is 5.76 Å². The van der Waals surface area contributed by atoms with Crippen molar-refractivity contribution < 1.29 is 18.7 Å². The van der Waals surface area contributed by atoms with E-state index < -0.39 is 0 Å². The molecule has 2 aliphatic rings. The van der Waals surface area contributed by atoms with Gasteiger partial charge in [-0.1, -0.05) is 0 Å². The number of amides is 2. The van der Waals surface area contributed by atoms with E-state index in [2.05, 4.69) is 10.4 Å². The Kier molecular flexibility index (Phi) is 5.79. The molecule has 1 aliphatic carbocycles. The highest BCUT2D eigenvalue weighted by Gasteiger charge is 2.58. The number of carbonyl (C=O) groups is 2. The fraction of sp³-hybridized carbons (Fsp3) is 0.276. The number of ether oxygens (including phenoxy) is 1. The fourth-order valence-corrected chi connectivity index (χ4v) is 5.29. The monoisotopic (exact) mass is 496 g/mol. The van der Waals surface area contributed by atoms with Gasteiger partial charge in [-0.05, 0) is 91.4 Å². The van der Waals surface area contributed by atoms with Gasteiger partial charge >= 0.3 is 0 Å². The molecule has 37 heavy (non-hydrogen) atoms. The van der Waals surface area contributed by atoms with Gasteiger partial charge in [-0.2, -0.15) is 5.10 Å². The van der Waals surface area contributed by atoms with E-state index in [1.807, 2.05) is 71.8 Å². The first-order chi connectivity index (χ1) is 18.0. The Morgan fingerprint density at radius 1 is 1.03 bits per heavy atom. The molecule has 0 bridgehead atoms.